The van der Waals surface area contributed by atoms with E-state index in [0.717, 1.165) is 39.1 Å². The highest BCUT2D eigenvalue weighted by atomic mass is 35.5. The van der Waals surface area contributed by atoms with Gasteiger partial charge >= 0.3 is 0 Å². The van der Waals surface area contributed by atoms with Crippen molar-refractivity contribution < 1.29 is 14.9 Å². The van der Waals surface area contributed by atoms with Gasteiger partial charge in [-0.1, -0.05) is 13.3 Å². The van der Waals surface area contributed by atoms with Crippen LogP contribution in [0.4, 0.5) is 0 Å². The zero-order chi connectivity index (χ0) is 14.4. The zero-order valence-electron chi connectivity index (χ0n) is 13.5. The molecule has 2 aliphatic rings. The number of hydrogen-bond acceptors (Lipinski definition) is 5. The first kappa shape index (κ1) is 22.4. The number of β-amino-alcohol motifs (C(OH)–C–C–N with tert-alkyl or cyclic N) is 2. The molecule has 7 heteroatoms. The Labute approximate surface area is 146 Å². The Hall–Kier alpha value is 0.380. The van der Waals surface area contributed by atoms with Crippen LogP contribution in [0.25, 0.3) is 0 Å². The number of ether oxygens (including phenoxy) is 1. The predicted molar refractivity (Wildman–Crippen MR) is 93.2 cm³/mol. The van der Waals surface area contributed by atoms with Crippen LogP contribution >= 0.6 is 24.8 Å². The summed E-state index contributed by atoms with van der Waals surface area (Å²) >= 11 is 0. The van der Waals surface area contributed by atoms with E-state index in [-0.39, 0.29) is 37.5 Å². The lowest BCUT2D eigenvalue weighted by Gasteiger charge is -2.35. The molecule has 1 aliphatic heterocycles. The van der Waals surface area contributed by atoms with Gasteiger partial charge in [0.15, 0.2) is 0 Å². The number of aliphatic hydroxyl groups is 2. The van der Waals surface area contributed by atoms with Crippen LogP contribution in [0.1, 0.15) is 26.2 Å². The van der Waals surface area contributed by atoms with Crippen LogP contribution in [0.2, 0.25) is 0 Å². The summed E-state index contributed by atoms with van der Waals surface area (Å²) in [6.45, 7) is 8.30. The van der Waals surface area contributed by atoms with Crippen molar-refractivity contribution >= 4 is 24.8 Å². The van der Waals surface area contributed by atoms with E-state index in [9.17, 15) is 5.11 Å². The fraction of sp³-hybridized carbons (Fsp3) is 1.00. The molecule has 22 heavy (non-hydrogen) atoms. The van der Waals surface area contributed by atoms with Crippen molar-refractivity contribution in [2.24, 2.45) is 5.92 Å². The van der Waals surface area contributed by atoms with Gasteiger partial charge in [-0.05, 0) is 18.8 Å². The summed E-state index contributed by atoms with van der Waals surface area (Å²) in [5.74, 6) is 0.643. The van der Waals surface area contributed by atoms with Gasteiger partial charge < -0.3 is 14.9 Å². The fourth-order valence-electron chi connectivity index (χ4n) is 3.28. The Bertz CT molecular complexity index is 280. The van der Waals surface area contributed by atoms with Crippen molar-refractivity contribution in [1.82, 2.24) is 9.80 Å². The fourth-order valence-corrected chi connectivity index (χ4v) is 3.28. The highest BCUT2D eigenvalue weighted by Gasteiger charge is 2.25. The first-order chi connectivity index (χ1) is 9.69. The summed E-state index contributed by atoms with van der Waals surface area (Å²) in [6.07, 6.45) is 3.63. The van der Waals surface area contributed by atoms with E-state index < -0.39 is 0 Å². The minimum absolute atomic E-state index is 0. The molecule has 1 saturated carbocycles. The molecule has 3 atom stereocenters. The molecule has 2 N–H and O–H groups in total. The standard InChI is InChI=1S/C15H30N2O3.2ClH/c1-13-3-2-4-15(13)20-12-14(19)11-17-7-5-16(6-8-17)9-10-18;;/h13-15,18-19H,2-12H2,1H3;2*1H. The number of aliphatic hydroxyl groups excluding tert-OH is 2. The molecule has 0 aromatic heterocycles. The van der Waals surface area contributed by atoms with Gasteiger partial charge in [-0.2, -0.15) is 0 Å². The molecule has 0 amide bonds. The van der Waals surface area contributed by atoms with Crippen molar-refractivity contribution in [2.45, 2.75) is 38.4 Å². The van der Waals surface area contributed by atoms with Crippen molar-refractivity contribution in [2.75, 3.05) is 52.5 Å². The topological polar surface area (TPSA) is 56.2 Å². The van der Waals surface area contributed by atoms with Gasteiger partial charge in [-0.3, -0.25) is 9.80 Å². The molecule has 0 aromatic carbocycles. The molecule has 134 valence electrons. The molecule has 2 fully saturated rings. The van der Waals surface area contributed by atoms with Gasteiger partial charge in [-0.15, -0.1) is 24.8 Å². The Morgan fingerprint density at radius 3 is 2.27 bits per heavy atom. The second kappa shape index (κ2) is 11.8. The Balaban J connectivity index is 0.00000220. The summed E-state index contributed by atoms with van der Waals surface area (Å²) in [4.78, 5) is 4.56. The van der Waals surface area contributed by atoms with E-state index >= 15 is 0 Å². The van der Waals surface area contributed by atoms with Crippen molar-refractivity contribution in [3.63, 3.8) is 0 Å². The summed E-state index contributed by atoms with van der Waals surface area (Å²) < 4.78 is 5.86. The van der Waals surface area contributed by atoms with E-state index in [1.807, 2.05) is 0 Å². The average Bonchev–Trinajstić information content (AvgIpc) is 2.84. The number of halogens is 2. The minimum Gasteiger partial charge on any atom is -0.395 e. The first-order valence-corrected chi connectivity index (χ1v) is 8.04. The highest BCUT2D eigenvalue weighted by molar-refractivity contribution is 5.85. The second-order valence-electron chi connectivity index (χ2n) is 6.30. The van der Waals surface area contributed by atoms with E-state index in [1.165, 1.54) is 12.8 Å². The third-order valence-corrected chi connectivity index (χ3v) is 4.64. The maximum atomic E-state index is 10.1. The quantitative estimate of drug-likeness (QED) is 0.711. The lowest BCUT2D eigenvalue weighted by Crippen LogP contribution is -2.49. The number of rotatable bonds is 7. The van der Waals surface area contributed by atoms with Crippen LogP contribution < -0.4 is 0 Å². The van der Waals surface area contributed by atoms with Gasteiger partial charge in [0.2, 0.25) is 0 Å². The van der Waals surface area contributed by atoms with Crippen LogP contribution in [0.5, 0.6) is 0 Å². The largest absolute Gasteiger partial charge is 0.395 e. The van der Waals surface area contributed by atoms with Gasteiger partial charge in [0.05, 0.1) is 25.4 Å². The van der Waals surface area contributed by atoms with Crippen molar-refractivity contribution in [3.8, 4) is 0 Å². The summed E-state index contributed by atoms with van der Waals surface area (Å²) in [7, 11) is 0. The molecule has 5 nitrogen and oxygen atoms in total. The maximum absolute atomic E-state index is 10.1. The third-order valence-electron chi connectivity index (χ3n) is 4.64. The maximum Gasteiger partial charge on any atom is 0.0900 e. The monoisotopic (exact) mass is 358 g/mol. The van der Waals surface area contributed by atoms with Crippen LogP contribution in [-0.2, 0) is 4.74 Å². The Kier molecular flexibility index (Phi) is 12.0. The summed E-state index contributed by atoms with van der Waals surface area (Å²) in [5, 5.41) is 19.0. The molecule has 1 heterocycles. The Morgan fingerprint density at radius 2 is 1.73 bits per heavy atom. The average molecular weight is 359 g/mol. The lowest BCUT2D eigenvalue weighted by atomic mass is 10.1. The molecule has 1 aliphatic carbocycles. The van der Waals surface area contributed by atoms with Crippen LogP contribution in [0, 0.1) is 5.92 Å². The van der Waals surface area contributed by atoms with Crippen LogP contribution in [0.3, 0.4) is 0 Å². The smallest absolute Gasteiger partial charge is 0.0900 e. The first-order valence-electron chi connectivity index (χ1n) is 8.04. The molecule has 1 saturated heterocycles. The van der Waals surface area contributed by atoms with E-state index in [0.29, 0.717) is 25.2 Å². The minimum atomic E-state index is -0.382. The molecule has 3 unspecified atom stereocenters. The second-order valence-corrected chi connectivity index (χ2v) is 6.30. The van der Waals surface area contributed by atoms with Gasteiger partial charge in [0.1, 0.15) is 0 Å². The van der Waals surface area contributed by atoms with Gasteiger partial charge in [-0.25, -0.2) is 0 Å². The van der Waals surface area contributed by atoms with Crippen LogP contribution in [0.15, 0.2) is 0 Å². The third kappa shape index (κ3) is 7.30. The van der Waals surface area contributed by atoms with Gasteiger partial charge in [0.25, 0.3) is 0 Å². The zero-order valence-corrected chi connectivity index (χ0v) is 15.2. The molecule has 2 rings (SSSR count). The SMILES string of the molecule is CC1CCCC1OCC(O)CN1CCN(CCO)CC1.Cl.Cl. The number of piperazine rings is 1. The summed E-state index contributed by atoms with van der Waals surface area (Å²) in [5.41, 5.74) is 0. The van der Waals surface area contributed by atoms with E-state index in [2.05, 4.69) is 16.7 Å². The predicted octanol–water partition coefficient (Wildman–Crippen LogP) is 1.01. The Morgan fingerprint density at radius 1 is 1.09 bits per heavy atom. The molecular formula is C15H32Cl2N2O3. The van der Waals surface area contributed by atoms with E-state index in [1.54, 1.807) is 0 Å². The molecular weight excluding hydrogens is 327 g/mol. The normalized spacial score (nSPS) is 28.0. The number of hydrogen-bond donors (Lipinski definition) is 2. The van der Waals surface area contributed by atoms with E-state index in [4.69, 9.17) is 9.84 Å². The van der Waals surface area contributed by atoms with Crippen LogP contribution in [-0.4, -0.2) is 84.7 Å². The van der Waals surface area contributed by atoms with Crippen molar-refractivity contribution in [1.29, 1.82) is 0 Å². The molecule has 0 spiro atoms. The summed E-state index contributed by atoms with van der Waals surface area (Å²) in [6, 6.07) is 0. The van der Waals surface area contributed by atoms with Crippen molar-refractivity contribution in [3.05, 3.63) is 0 Å². The lowest BCUT2D eigenvalue weighted by molar-refractivity contribution is -0.0358. The molecule has 0 radical (unpaired) electrons. The van der Waals surface area contributed by atoms with Gasteiger partial charge in [0, 0.05) is 39.3 Å². The molecule has 0 aromatic rings. The number of nitrogens with zero attached hydrogens (tertiary/aromatic N) is 2. The highest BCUT2D eigenvalue weighted by Crippen LogP contribution is 2.27. The molecule has 0 bridgehead atoms.